The van der Waals surface area contributed by atoms with Crippen molar-refractivity contribution in [2.75, 3.05) is 13.2 Å². The fourth-order valence-electron chi connectivity index (χ4n) is 0.979. The lowest BCUT2D eigenvalue weighted by molar-refractivity contribution is -0.147. The van der Waals surface area contributed by atoms with Gasteiger partial charge in [-0.1, -0.05) is 26.5 Å². The van der Waals surface area contributed by atoms with Crippen molar-refractivity contribution in [2.45, 2.75) is 26.3 Å². The zero-order chi connectivity index (χ0) is 14.0. The van der Waals surface area contributed by atoms with Crippen molar-refractivity contribution in [1.82, 2.24) is 5.32 Å². The molecule has 18 heavy (non-hydrogen) atoms. The molecule has 0 radical (unpaired) electrons. The van der Waals surface area contributed by atoms with Gasteiger partial charge in [-0.3, -0.25) is 0 Å². The summed E-state index contributed by atoms with van der Waals surface area (Å²) < 4.78 is 9.70. The molecule has 5 nitrogen and oxygen atoms in total. The van der Waals surface area contributed by atoms with Crippen LogP contribution in [0.3, 0.4) is 0 Å². The predicted octanol–water partition coefficient (Wildman–Crippen LogP) is 1.49. The number of amides is 1. The third-order valence-electron chi connectivity index (χ3n) is 1.79. The molecule has 0 fully saturated rings. The number of hydrogen-bond acceptors (Lipinski definition) is 4. The molecule has 1 amide bonds. The second-order valence-electron chi connectivity index (χ2n) is 4.02. The van der Waals surface area contributed by atoms with Gasteiger partial charge in [-0.25, -0.2) is 9.59 Å². The van der Waals surface area contributed by atoms with E-state index in [1.165, 1.54) is 6.08 Å². The highest BCUT2D eigenvalue weighted by Crippen LogP contribution is 1.99. The van der Waals surface area contributed by atoms with Crippen LogP contribution in [0.25, 0.3) is 0 Å². The van der Waals surface area contributed by atoms with Crippen LogP contribution in [0, 0.1) is 18.3 Å². The van der Waals surface area contributed by atoms with E-state index in [-0.39, 0.29) is 25.6 Å². The second kappa shape index (κ2) is 9.11. The predicted molar refractivity (Wildman–Crippen MR) is 67.7 cm³/mol. The van der Waals surface area contributed by atoms with Crippen molar-refractivity contribution in [1.29, 1.82) is 0 Å². The topological polar surface area (TPSA) is 64.6 Å². The smallest absolute Gasteiger partial charge is 0.408 e. The van der Waals surface area contributed by atoms with E-state index in [0.29, 0.717) is 0 Å². The minimum atomic E-state index is -0.883. The van der Waals surface area contributed by atoms with E-state index in [1.807, 2.05) is 13.8 Å². The summed E-state index contributed by atoms with van der Waals surface area (Å²) in [5.74, 6) is 1.96. The molecule has 0 spiro atoms. The molecule has 0 aliphatic rings. The van der Waals surface area contributed by atoms with E-state index in [2.05, 4.69) is 17.8 Å². The lowest BCUT2D eigenvalue weighted by atomic mass is 10.2. The number of terminal acetylenes is 1. The molecule has 0 aromatic heterocycles. The summed E-state index contributed by atoms with van der Waals surface area (Å²) >= 11 is 0. The van der Waals surface area contributed by atoms with Gasteiger partial charge in [0.25, 0.3) is 0 Å². The molecule has 100 valence electrons. The zero-order valence-electron chi connectivity index (χ0n) is 10.8. The third-order valence-corrected chi connectivity index (χ3v) is 1.79. The minimum Gasteiger partial charge on any atom is -0.464 e. The van der Waals surface area contributed by atoms with E-state index in [0.717, 1.165) is 0 Å². The number of alkyl carbamates (subject to hydrolysis) is 1. The fourth-order valence-corrected chi connectivity index (χ4v) is 0.979. The van der Waals surface area contributed by atoms with E-state index >= 15 is 0 Å². The van der Waals surface area contributed by atoms with E-state index in [9.17, 15) is 9.59 Å². The first-order chi connectivity index (χ1) is 8.51. The first kappa shape index (κ1) is 16.0. The highest BCUT2D eigenvalue weighted by atomic mass is 16.6. The third kappa shape index (κ3) is 7.34. The molecule has 5 heteroatoms. The van der Waals surface area contributed by atoms with Crippen LogP contribution in [0.4, 0.5) is 4.79 Å². The Hall–Kier alpha value is -1.96. The van der Waals surface area contributed by atoms with Gasteiger partial charge in [0.05, 0.1) is 6.61 Å². The van der Waals surface area contributed by atoms with Crippen LogP contribution in [0.1, 0.15) is 20.3 Å². The Kier molecular flexibility index (Phi) is 8.12. The van der Waals surface area contributed by atoms with Gasteiger partial charge >= 0.3 is 12.1 Å². The molecule has 0 aromatic rings. The van der Waals surface area contributed by atoms with Crippen LogP contribution >= 0.6 is 0 Å². The number of carbonyl (C=O) groups excluding carboxylic acids is 2. The molecule has 0 rings (SSSR count). The van der Waals surface area contributed by atoms with Crippen molar-refractivity contribution in [3.63, 3.8) is 0 Å². The van der Waals surface area contributed by atoms with Gasteiger partial charge in [0, 0.05) is 6.42 Å². The highest BCUT2D eigenvalue weighted by molar-refractivity contribution is 5.81. The van der Waals surface area contributed by atoms with Crippen LogP contribution in [0.5, 0.6) is 0 Å². The van der Waals surface area contributed by atoms with Gasteiger partial charge in [0.1, 0.15) is 12.6 Å². The molecular formula is C13H19NO4. The van der Waals surface area contributed by atoms with Crippen molar-refractivity contribution in [3.05, 3.63) is 12.7 Å². The Labute approximate surface area is 108 Å². The standard InChI is InChI=1S/C13H19NO4/c1-5-7-11(12(15)18-9-10(3)4)14-13(16)17-8-6-2/h1,6,10-11H,2,7-9H2,3-4H3,(H,14,16). The van der Waals surface area contributed by atoms with Crippen LogP contribution in [-0.2, 0) is 14.3 Å². The van der Waals surface area contributed by atoms with Crippen molar-refractivity contribution in [2.24, 2.45) is 5.92 Å². The normalized spacial score (nSPS) is 11.2. The number of ether oxygens (including phenoxy) is 2. The van der Waals surface area contributed by atoms with Gasteiger partial charge in [0.15, 0.2) is 0 Å². The summed E-state index contributed by atoms with van der Waals surface area (Å²) in [7, 11) is 0. The quantitative estimate of drug-likeness (QED) is 0.424. The number of nitrogens with one attached hydrogen (secondary N) is 1. The Morgan fingerprint density at radius 1 is 1.44 bits per heavy atom. The zero-order valence-corrected chi connectivity index (χ0v) is 10.8. The van der Waals surface area contributed by atoms with E-state index in [4.69, 9.17) is 15.9 Å². The molecule has 1 unspecified atom stereocenters. The summed E-state index contributed by atoms with van der Waals surface area (Å²) in [5, 5.41) is 2.35. The average molecular weight is 253 g/mol. The Balaban J connectivity index is 4.28. The van der Waals surface area contributed by atoms with Crippen molar-refractivity contribution < 1.29 is 19.1 Å². The Morgan fingerprint density at radius 3 is 2.61 bits per heavy atom. The largest absolute Gasteiger partial charge is 0.464 e. The Bertz CT molecular complexity index is 330. The maximum Gasteiger partial charge on any atom is 0.408 e. The molecule has 0 aliphatic heterocycles. The minimum absolute atomic E-state index is 0.0557. The maximum absolute atomic E-state index is 11.6. The van der Waals surface area contributed by atoms with Gasteiger partial charge in [-0.15, -0.1) is 12.3 Å². The maximum atomic E-state index is 11.6. The number of hydrogen-bond donors (Lipinski definition) is 1. The second-order valence-corrected chi connectivity index (χ2v) is 4.02. The van der Waals surface area contributed by atoms with E-state index in [1.54, 1.807) is 0 Å². The molecule has 0 saturated carbocycles. The van der Waals surface area contributed by atoms with Crippen LogP contribution in [-0.4, -0.2) is 31.3 Å². The lowest BCUT2D eigenvalue weighted by Crippen LogP contribution is -2.42. The SMILES string of the molecule is C#CCC(NC(=O)OCC=C)C(=O)OCC(C)C. The molecule has 0 bridgehead atoms. The van der Waals surface area contributed by atoms with Crippen LogP contribution in [0.15, 0.2) is 12.7 Å². The molecule has 0 heterocycles. The highest BCUT2D eigenvalue weighted by Gasteiger charge is 2.22. The molecular weight excluding hydrogens is 234 g/mol. The molecule has 1 N–H and O–H groups in total. The summed E-state index contributed by atoms with van der Waals surface area (Å²) in [6, 6.07) is -0.883. The molecule has 0 saturated heterocycles. The first-order valence-electron chi connectivity index (χ1n) is 5.65. The number of carbonyl (C=O) groups is 2. The summed E-state index contributed by atoms with van der Waals surface area (Å²) in [5.41, 5.74) is 0. The van der Waals surface area contributed by atoms with Crippen molar-refractivity contribution >= 4 is 12.1 Å². The fraction of sp³-hybridized carbons (Fsp3) is 0.538. The van der Waals surface area contributed by atoms with Gasteiger partial charge in [-0.05, 0) is 5.92 Å². The van der Waals surface area contributed by atoms with Gasteiger partial charge < -0.3 is 14.8 Å². The summed E-state index contributed by atoms with van der Waals surface area (Å²) in [6.07, 6.45) is 5.89. The molecule has 0 aliphatic carbocycles. The average Bonchev–Trinajstić information content (AvgIpc) is 2.32. The van der Waals surface area contributed by atoms with Crippen LogP contribution < -0.4 is 5.32 Å². The Morgan fingerprint density at radius 2 is 2.11 bits per heavy atom. The number of rotatable bonds is 7. The van der Waals surface area contributed by atoms with E-state index < -0.39 is 18.1 Å². The van der Waals surface area contributed by atoms with Gasteiger partial charge in [0.2, 0.25) is 0 Å². The van der Waals surface area contributed by atoms with Gasteiger partial charge in [-0.2, -0.15) is 0 Å². The van der Waals surface area contributed by atoms with Crippen LogP contribution in [0.2, 0.25) is 0 Å². The lowest BCUT2D eigenvalue weighted by Gasteiger charge is -2.16. The van der Waals surface area contributed by atoms with Crippen molar-refractivity contribution in [3.8, 4) is 12.3 Å². The first-order valence-corrected chi connectivity index (χ1v) is 5.65. The monoisotopic (exact) mass is 253 g/mol. The summed E-state index contributed by atoms with van der Waals surface area (Å²) in [4.78, 5) is 22.9. The molecule has 0 aromatic carbocycles. The summed E-state index contributed by atoms with van der Waals surface area (Å²) in [6.45, 7) is 7.57. The number of esters is 1. The molecule has 1 atom stereocenters.